The fourth-order valence-corrected chi connectivity index (χ4v) is 5.84. The summed E-state index contributed by atoms with van der Waals surface area (Å²) >= 11 is 6.24. The van der Waals surface area contributed by atoms with Gasteiger partial charge in [-0.15, -0.1) is 6.58 Å². The van der Waals surface area contributed by atoms with E-state index in [4.69, 9.17) is 30.4 Å². The fraction of sp³-hybridized carbons (Fsp3) is 0.444. The van der Waals surface area contributed by atoms with Crippen LogP contribution in [0.15, 0.2) is 49.1 Å². The number of nitrogens with zero attached hydrogens (tertiary/aromatic N) is 2. The number of hydrogen-bond acceptors (Lipinski definition) is 6. The molecular formula is C27H37ClN3O3P. The van der Waals surface area contributed by atoms with Crippen molar-refractivity contribution in [1.82, 2.24) is 9.65 Å². The highest BCUT2D eigenvalue weighted by Crippen LogP contribution is 2.46. The molecular weight excluding hydrogens is 481 g/mol. The zero-order chi connectivity index (χ0) is 25.4. The summed E-state index contributed by atoms with van der Waals surface area (Å²) in [5.74, 6) is 0.803. The van der Waals surface area contributed by atoms with Crippen LogP contribution in [-0.2, 0) is 9.05 Å². The number of hydrogen-bond donors (Lipinski definition) is 1. The van der Waals surface area contributed by atoms with Crippen molar-refractivity contribution in [2.24, 2.45) is 0 Å². The van der Waals surface area contributed by atoms with Crippen molar-refractivity contribution < 1.29 is 13.8 Å². The first kappa shape index (κ1) is 27.6. The van der Waals surface area contributed by atoms with Crippen molar-refractivity contribution in [3.63, 3.8) is 0 Å². The van der Waals surface area contributed by atoms with Crippen LogP contribution in [-0.4, -0.2) is 48.6 Å². The molecule has 1 heterocycles. The fourth-order valence-electron chi connectivity index (χ4n) is 4.06. The van der Waals surface area contributed by atoms with Crippen molar-refractivity contribution in [3.8, 4) is 5.75 Å². The molecule has 0 saturated heterocycles. The number of methoxy groups -OCH3 is 1. The summed E-state index contributed by atoms with van der Waals surface area (Å²) in [4.78, 5) is 4.80. The third-order valence-electron chi connectivity index (χ3n) is 5.57. The van der Waals surface area contributed by atoms with Gasteiger partial charge in [0.1, 0.15) is 5.75 Å². The molecule has 3 rings (SSSR count). The second-order valence-electron chi connectivity index (χ2n) is 8.89. The summed E-state index contributed by atoms with van der Waals surface area (Å²) in [6.07, 6.45) is 3.65. The first-order chi connectivity index (χ1) is 16.8. The van der Waals surface area contributed by atoms with Gasteiger partial charge in [-0.2, -0.15) is 0 Å². The quantitative estimate of drug-likeness (QED) is 0.102. The monoisotopic (exact) mass is 517 g/mol. The maximum absolute atomic E-state index is 6.24. The van der Waals surface area contributed by atoms with Crippen LogP contribution in [0.4, 0.5) is 5.69 Å². The smallest absolute Gasteiger partial charge is 0.259 e. The maximum Gasteiger partial charge on any atom is 0.259 e. The number of unbranched alkanes of at least 4 members (excludes halogenated alkanes) is 1. The molecule has 1 aromatic heterocycles. The molecule has 0 aliphatic rings. The zero-order valence-corrected chi connectivity index (χ0v) is 23.0. The van der Waals surface area contributed by atoms with Gasteiger partial charge in [0, 0.05) is 34.4 Å². The molecule has 0 radical (unpaired) electrons. The van der Waals surface area contributed by atoms with E-state index in [1.54, 1.807) is 13.2 Å². The largest absolute Gasteiger partial charge is 0.497 e. The van der Waals surface area contributed by atoms with Gasteiger partial charge in [0.15, 0.2) is 0 Å². The summed E-state index contributed by atoms with van der Waals surface area (Å²) < 4.78 is 20.0. The number of benzene rings is 2. The van der Waals surface area contributed by atoms with Gasteiger partial charge in [-0.25, -0.2) is 9.65 Å². The minimum atomic E-state index is -1.12. The number of ether oxygens (including phenoxy) is 1. The van der Waals surface area contributed by atoms with E-state index in [0.717, 1.165) is 52.6 Å². The molecule has 8 heteroatoms. The molecule has 1 unspecified atom stereocenters. The Bertz CT molecular complexity index is 1120. The SMILES string of the molecule is C=CCOP(OCCCCNc1c2ccc(Cl)cc2nc2ccc(OC)cc12)N(C(C)C)C(C)C. The highest BCUT2D eigenvalue weighted by molar-refractivity contribution is 7.44. The van der Waals surface area contributed by atoms with E-state index in [9.17, 15) is 0 Å². The van der Waals surface area contributed by atoms with Gasteiger partial charge in [-0.3, -0.25) is 0 Å². The lowest BCUT2D eigenvalue weighted by Gasteiger charge is -2.35. The molecule has 190 valence electrons. The van der Waals surface area contributed by atoms with Crippen LogP contribution in [0.3, 0.4) is 0 Å². The molecule has 0 amide bonds. The number of pyridine rings is 1. The van der Waals surface area contributed by atoms with Crippen LogP contribution in [0.25, 0.3) is 21.8 Å². The lowest BCUT2D eigenvalue weighted by molar-refractivity contribution is 0.182. The van der Waals surface area contributed by atoms with Crippen LogP contribution in [0.5, 0.6) is 5.75 Å². The third kappa shape index (κ3) is 7.28. The molecule has 0 saturated carbocycles. The van der Waals surface area contributed by atoms with E-state index in [2.05, 4.69) is 44.3 Å². The summed E-state index contributed by atoms with van der Waals surface area (Å²) in [7, 11) is 0.554. The van der Waals surface area contributed by atoms with Crippen LogP contribution in [0, 0.1) is 0 Å². The van der Waals surface area contributed by atoms with E-state index >= 15 is 0 Å². The van der Waals surface area contributed by atoms with Crippen LogP contribution in [0.1, 0.15) is 40.5 Å². The Morgan fingerprint density at radius 2 is 1.80 bits per heavy atom. The predicted molar refractivity (Wildman–Crippen MR) is 150 cm³/mol. The topological polar surface area (TPSA) is 55.9 Å². The van der Waals surface area contributed by atoms with E-state index in [1.165, 1.54) is 0 Å². The van der Waals surface area contributed by atoms with Gasteiger partial charge in [-0.1, -0.05) is 17.7 Å². The maximum atomic E-state index is 6.24. The van der Waals surface area contributed by atoms with Gasteiger partial charge in [0.05, 0.1) is 37.0 Å². The first-order valence-electron chi connectivity index (χ1n) is 12.1. The van der Waals surface area contributed by atoms with Gasteiger partial charge >= 0.3 is 0 Å². The van der Waals surface area contributed by atoms with E-state index < -0.39 is 8.53 Å². The average molecular weight is 518 g/mol. The summed E-state index contributed by atoms with van der Waals surface area (Å²) in [6, 6.07) is 12.4. The molecule has 3 aromatic rings. The van der Waals surface area contributed by atoms with Gasteiger partial charge in [0.2, 0.25) is 0 Å². The molecule has 0 aliphatic carbocycles. The Labute approximate surface area is 215 Å². The predicted octanol–water partition coefficient (Wildman–Crippen LogP) is 7.81. The highest BCUT2D eigenvalue weighted by atomic mass is 35.5. The normalized spacial score (nSPS) is 12.7. The highest BCUT2D eigenvalue weighted by Gasteiger charge is 2.26. The molecule has 35 heavy (non-hydrogen) atoms. The summed E-state index contributed by atoms with van der Waals surface area (Å²) in [5.41, 5.74) is 2.82. The van der Waals surface area contributed by atoms with Crippen LogP contribution in [0.2, 0.25) is 5.02 Å². The molecule has 0 bridgehead atoms. The Hall–Kier alpha value is -1.95. The van der Waals surface area contributed by atoms with Gasteiger partial charge < -0.3 is 19.1 Å². The molecule has 6 nitrogen and oxygen atoms in total. The Morgan fingerprint density at radius 1 is 1.03 bits per heavy atom. The van der Waals surface area contributed by atoms with Crippen molar-refractivity contribution in [3.05, 3.63) is 54.1 Å². The van der Waals surface area contributed by atoms with Crippen LogP contribution < -0.4 is 10.1 Å². The summed E-state index contributed by atoms with van der Waals surface area (Å²) in [5, 5.41) is 6.38. The number of nitrogens with one attached hydrogen (secondary N) is 1. The van der Waals surface area contributed by atoms with Gasteiger partial charge in [0.25, 0.3) is 8.53 Å². The number of rotatable bonds is 14. The lowest BCUT2D eigenvalue weighted by Crippen LogP contribution is -2.33. The molecule has 0 fully saturated rings. The van der Waals surface area contributed by atoms with E-state index in [-0.39, 0.29) is 0 Å². The Kier molecular flexibility index (Phi) is 10.6. The minimum Gasteiger partial charge on any atom is -0.497 e. The Morgan fingerprint density at radius 3 is 2.49 bits per heavy atom. The molecule has 1 N–H and O–H groups in total. The van der Waals surface area contributed by atoms with Crippen molar-refractivity contribution in [1.29, 1.82) is 0 Å². The van der Waals surface area contributed by atoms with Gasteiger partial charge in [-0.05, 0) is 76.9 Å². The standard InChI is InChI=1S/C27H37ClN3O3P/c1-7-15-33-35(31(19(2)3)20(4)5)34-16-9-8-14-29-27-23-12-10-21(28)17-26(23)30-25-13-11-22(32-6)18-24(25)27/h7,10-13,17-20H,1,8-9,14-16H2,2-6H3,(H,29,30). The second kappa shape index (κ2) is 13.4. The van der Waals surface area contributed by atoms with E-state index in [0.29, 0.717) is 30.3 Å². The minimum absolute atomic E-state index is 0.339. The number of fused-ring (bicyclic) bond motifs is 2. The average Bonchev–Trinajstić information content (AvgIpc) is 2.82. The number of halogens is 1. The molecule has 0 aliphatic heterocycles. The first-order valence-corrected chi connectivity index (χ1v) is 13.6. The second-order valence-corrected chi connectivity index (χ2v) is 10.8. The van der Waals surface area contributed by atoms with Crippen molar-refractivity contribution in [2.45, 2.75) is 52.6 Å². The summed E-state index contributed by atoms with van der Waals surface area (Å²) in [6.45, 7) is 14.4. The van der Waals surface area contributed by atoms with Crippen molar-refractivity contribution in [2.75, 3.05) is 32.2 Å². The molecule has 1 atom stereocenters. The van der Waals surface area contributed by atoms with Crippen molar-refractivity contribution >= 4 is 47.6 Å². The third-order valence-corrected chi connectivity index (χ3v) is 7.88. The Balaban J connectivity index is 1.66. The van der Waals surface area contributed by atoms with Crippen LogP contribution >= 0.6 is 20.1 Å². The number of anilines is 1. The van der Waals surface area contributed by atoms with E-state index in [1.807, 2.05) is 36.4 Å². The zero-order valence-electron chi connectivity index (χ0n) is 21.4. The molecule has 0 spiro atoms. The molecule has 2 aromatic carbocycles. The number of aromatic nitrogens is 1. The lowest BCUT2D eigenvalue weighted by atomic mass is 10.1.